The number of hydrogen-bond acceptors (Lipinski definition) is 7. The number of rotatable bonds is 6. The molecule has 0 aliphatic rings. The molecule has 0 unspecified atom stereocenters. The van der Waals surface area contributed by atoms with Crippen molar-refractivity contribution in [3.63, 3.8) is 0 Å². The molecule has 4 N–H and O–H groups in total. The number of aliphatic hydroxyl groups excluding tert-OH is 1. The van der Waals surface area contributed by atoms with Gasteiger partial charge in [-0.2, -0.15) is 15.2 Å². The van der Waals surface area contributed by atoms with Crippen LogP contribution in [0.1, 0.15) is 96.9 Å². The van der Waals surface area contributed by atoms with Crippen molar-refractivity contribution in [1.29, 1.82) is 0 Å². The van der Waals surface area contributed by atoms with Gasteiger partial charge in [0.05, 0.1) is 0 Å². The summed E-state index contributed by atoms with van der Waals surface area (Å²) in [5.74, 6) is 0. The fourth-order valence-electron chi connectivity index (χ4n) is 1.79. The smallest absolute Gasteiger partial charge is 0.0483 e. The normalized spacial score (nSPS) is 11.2. The molecule has 0 saturated heterocycles. The van der Waals surface area contributed by atoms with Gasteiger partial charge in [0.15, 0.2) is 0 Å². The van der Waals surface area contributed by atoms with Crippen molar-refractivity contribution in [2.45, 2.75) is 139 Å². The van der Waals surface area contributed by atoms with Crippen LogP contribution >= 0.6 is 0 Å². The molecule has 0 saturated carbocycles. The van der Waals surface area contributed by atoms with Crippen LogP contribution in [0.5, 0.6) is 0 Å². The van der Waals surface area contributed by atoms with Crippen LogP contribution in [0.15, 0.2) is 0 Å². The second-order valence-electron chi connectivity index (χ2n) is 8.80. The second-order valence-corrected chi connectivity index (χ2v) is 8.80. The van der Waals surface area contributed by atoms with E-state index in [9.17, 15) is 0 Å². The standard InChI is InChI=1S/3C6H15NO.C3H8O.Ti/c3*1-5(2)7(8)6(3)4;1-3(2)4;/h3*5-6,8H,1-4H3;3-4H,1-2H3;. The van der Waals surface area contributed by atoms with Gasteiger partial charge in [0.25, 0.3) is 0 Å². The van der Waals surface area contributed by atoms with Crippen molar-refractivity contribution in [1.82, 2.24) is 15.2 Å². The topological polar surface area (TPSA) is 90.6 Å². The Morgan fingerprint density at radius 2 is 0.448 bits per heavy atom. The Balaban J connectivity index is -0.0000000896. The molecule has 0 heterocycles. The first-order valence-corrected chi connectivity index (χ1v) is 10.5. The van der Waals surface area contributed by atoms with E-state index in [1.54, 1.807) is 13.8 Å². The molecule has 0 aliphatic heterocycles. The summed E-state index contributed by atoms with van der Waals surface area (Å²) in [4.78, 5) is 0. The summed E-state index contributed by atoms with van der Waals surface area (Å²) in [6.45, 7) is 26.9. The van der Waals surface area contributed by atoms with Gasteiger partial charge in [-0.05, 0) is 96.9 Å². The summed E-state index contributed by atoms with van der Waals surface area (Å²) in [7, 11) is 0. The molecule has 0 aromatic heterocycles. The van der Waals surface area contributed by atoms with Gasteiger partial charge in [-0.15, -0.1) is 0 Å². The Morgan fingerprint density at radius 1 is 0.379 bits per heavy atom. The van der Waals surface area contributed by atoms with Crippen molar-refractivity contribution in [2.24, 2.45) is 0 Å². The van der Waals surface area contributed by atoms with Gasteiger partial charge in [0.1, 0.15) is 0 Å². The molecule has 0 amide bonds. The van der Waals surface area contributed by atoms with E-state index in [-0.39, 0.29) is 64.1 Å². The predicted octanol–water partition coefficient (Wildman–Crippen LogP) is 4.87. The minimum absolute atomic E-state index is 0. The van der Waals surface area contributed by atoms with Crippen molar-refractivity contribution in [2.75, 3.05) is 0 Å². The Kier molecular flexibility index (Phi) is 31.8. The molecule has 0 rings (SSSR count). The third kappa shape index (κ3) is 33.3. The molecule has 0 aliphatic carbocycles. The Bertz CT molecular complexity index is 247. The molecule has 0 bridgehead atoms. The van der Waals surface area contributed by atoms with E-state index in [1.165, 1.54) is 15.2 Å². The summed E-state index contributed by atoms with van der Waals surface area (Å²) in [6.07, 6.45) is -0.167. The van der Waals surface area contributed by atoms with Crippen LogP contribution in [-0.2, 0) is 21.7 Å². The van der Waals surface area contributed by atoms with Gasteiger partial charge in [-0.1, -0.05) is 0 Å². The van der Waals surface area contributed by atoms with Crippen LogP contribution in [0.25, 0.3) is 0 Å². The maximum Gasteiger partial charge on any atom is 0.0483 e. The van der Waals surface area contributed by atoms with E-state index in [0.717, 1.165) is 0 Å². The number of nitrogens with zero attached hydrogens (tertiary/aromatic N) is 3. The molecule has 0 aromatic rings. The van der Waals surface area contributed by atoms with Gasteiger partial charge >= 0.3 is 0 Å². The van der Waals surface area contributed by atoms with Crippen LogP contribution in [0.2, 0.25) is 0 Å². The number of aliphatic hydroxyl groups is 1. The summed E-state index contributed by atoms with van der Waals surface area (Å²) < 4.78 is 0. The van der Waals surface area contributed by atoms with Crippen LogP contribution in [0.3, 0.4) is 0 Å². The van der Waals surface area contributed by atoms with E-state index in [1.807, 2.05) is 83.1 Å². The van der Waals surface area contributed by atoms with E-state index < -0.39 is 0 Å². The molecule has 8 heteroatoms. The molecule has 0 aromatic carbocycles. The Hall–Kier alpha value is 0.434. The van der Waals surface area contributed by atoms with Crippen molar-refractivity contribution in [3.8, 4) is 0 Å². The van der Waals surface area contributed by atoms with Gasteiger partial charge in [0.2, 0.25) is 0 Å². The molecule has 29 heavy (non-hydrogen) atoms. The van der Waals surface area contributed by atoms with Gasteiger partial charge in [0, 0.05) is 64.1 Å². The monoisotopic (exact) mass is 459 g/mol. The summed E-state index contributed by atoms with van der Waals surface area (Å²) in [6, 6.07) is 1.39. The summed E-state index contributed by atoms with van der Waals surface area (Å²) in [5.41, 5.74) is 0. The Labute approximate surface area is 196 Å². The molecule has 0 fully saturated rings. The van der Waals surface area contributed by atoms with Crippen molar-refractivity contribution in [3.05, 3.63) is 0 Å². The van der Waals surface area contributed by atoms with Crippen molar-refractivity contribution < 1.29 is 42.4 Å². The molecule has 7 nitrogen and oxygen atoms in total. The number of hydroxylamine groups is 6. The van der Waals surface area contributed by atoms with Crippen molar-refractivity contribution >= 4 is 0 Å². The zero-order chi connectivity index (χ0) is 23.8. The molecular formula is C21H53N3O4Ti. The quantitative estimate of drug-likeness (QED) is 0.333. The van der Waals surface area contributed by atoms with E-state index in [2.05, 4.69) is 0 Å². The zero-order valence-corrected chi connectivity index (χ0v) is 23.2. The SMILES string of the molecule is CC(C)N(O)C(C)C.CC(C)N(O)C(C)C.CC(C)N(O)C(C)C.CC(C)O.[Ti]. The zero-order valence-electron chi connectivity index (χ0n) is 21.7. The largest absolute Gasteiger partial charge is 0.394 e. The Morgan fingerprint density at radius 3 is 0.448 bits per heavy atom. The van der Waals surface area contributed by atoms with E-state index >= 15 is 0 Å². The molecule has 0 spiro atoms. The van der Waals surface area contributed by atoms with E-state index in [4.69, 9.17) is 20.7 Å². The van der Waals surface area contributed by atoms with E-state index in [0.29, 0.717) is 0 Å². The van der Waals surface area contributed by atoms with Gasteiger partial charge in [-0.3, -0.25) is 0 Å². The van der Waals surface area contributed by atoms with Gasteiger partial charge in [-0.25, -0.2) is 0 Å². The maximum atomic E-state index is 9.04. The average molecular weight is 460 g/mol. The first-order chi connectivity index (χ1) is 12.4. The second kappa shape index (κ2) is 23.1. The third-order valence-corrected chi connectivity index (χ3v) is 3.17. The van der Waals surface area contributed by atoms with Crippen LogP contribution in [-0.4, -0.2) is 78.3 Å². The first kappa shape index (κ1) is 39.9. The molecular weight excluding hydrogens is 406 g/mol. The fourth-order valence-corrected chi connectivity index (χ4v) is 1.79. The fraction of sp³-hybridized carbons (Fsp3) is 1.00. The molecule has 0 atom stereocenters. The van der Waals surface area contributed by atoms with Crippen LogP contribution in [0, 0.1) is 0 Å². The van der Waals surface area contributed by atoms with Crippen LogP contribution in [0.4, 0.5) is 0 Å². The minimum Gasteiger partial charge on any atom is -0.394 e. The maximum absolute atomic E-state index is 9.04. The van der Waals surface area contributed by atoms with Gasteiger partial charge < -0.3 is 20.7 Å². The minimum atomic E-state index is -0.167. The van der Waals surface area contributed by atoms with Crippen LogP contribution < -0.4 is 0 Å². The molecule has 0 radical (unpaired) electrons. The number of hydrogen-bond donors (Lipinski definition) is 4. The predicted molar refractivity (Wildman–Crippen MR) is 119 cm³/mol. The summed E-state index contributed by atoms with van der Waals surface area (Å²) >= 11 is 0. The third-order valence-electron chi connectivity index (χ3n) is 3.17. The average Bonchev–Trinajstić information content (AvgIpc) is 2.52. The summed E-state index contributed by atoms with van der Waals surface area (Å²) in [5, 5.41) is 39.2. The first-order valence-electron chi connectivity index (χ1n) is 10.5. The molecule has 180 valence electrons.